The van der Waals surface area contributed by atoms with Crippen LogP contribution in [0.2, 0.25) is 0 Å². The summed E-state index contributed by atoms with van der Waals surface area (Å²) in [5, 5.41) is 1.72. The molecule has 0 radical (unpaired) electrons. The number of amides is 1. The number of rotatable bonds is 6. The zero-order valence-electron chi connectivity index (χ0n) is 12.7. The number of ether oxygens (including phenoxy) is 1. The predicted molar refractivity (Wildman–Crippen MR) is 84.9 cm³/mol. The lowest BCUT2D eigenvalue weighted by Gasteiger charge is -2.11. The van der Waals surface area contributed by atoms with E-state index in [1.54, 1.807) is 0 Å². The van der Waals surface area contributed by atoms with Crippen molar-refractivity contribution in [3.8, 4) is 0 Å². The lowest BCUT2D eigenvalue weighted by Crippen LogP contribution is -2.27. The molecule has 1 atom stereocenters. The molecule has 0 aliphatic carbocycles. The fourth-order valence-corrected chi connectivity index (χ4v) is 6.72. The van der Waals surface area contributed by atoms with Gasteiger partial charge in [-0.05, 0) is 30.7 Å². The van der Waals surface area contributed by atoms with E-state index in [4.69, 9.17) is 4.74 Å². The molecule has 1 aliphatic heterocycles. The maximum Gasteiger partial charge on any atom is 0.251 e. The van der Waals surface area contributed by atoms with Gasteiger partial charge in [0, 0.05) is 19.2 Å². The number of carbonyl (C=O) groups excluding carboxylic acids is 1. The van der Waals surface area contributed by atoms with Gasteiger partial charge in [0.2, 0.25) is 0 Å². The number of methoxy groups -OCH3 is 1. The van der Waals surface area contributed by atoms with Gasteiger partial charge in [0.15, 0.2) is 19.7 Å². The molecule has 1 aromatic rings. The highest BCUT2D eigenvalue weighted by atomic mass is 32.2. The molecule has 0 saturated carbocycles. The molecule has 1 saturated heterocycles. The Kier molecular flexibility index (Phi) is 5.43. The van der Waals surface area contributed by atoms with Crippen molar-refractivity contribution in [2.75, 3.05) is 31.8 Å². The van der Waals surface area contributed by atoms with Crippen LogP contribution in [0.5, 0.6) is 0 Å². The molecule has 1 aromatic carbocycles. The van der Waals surface area contributed by atoms with E-state index in [0.29, 0.717) is 18.7 Å². The first-order valence-electron chi connectivity index (χ1n) is 7.08. The molecule has 7 nitrogen and oxygen atoms in total. The van der Waals surface area contributed by atoms with Gasteiger partial charge in [-0.3, -0.25) is 4.79 Å². The van der Waals surface area contributed by atoms with Crippen molar-refractivity contribution in [2.24, 2.45) is 0 Å². The summed E-state index contributed by atoms with van der Waals surface area (Å²) in [4.78, 5) is 11.9. The predicted octanol–water partition coefficient (Wildman–Crippen LogP) is 0.0236. The maximum atomic E-state index is 12.4. The minimum Gasteiger partial charge on any atom is -0.383 e. The molecule has 0 spiro atoms. The van der Waals surface area contributed by atoms with Crippen LogP contribution in [-0.2, 0) is 24.4 Å². The summed E-state index contributed by atoms with van der Waals surface area (Å²) in [7, 11) is -5.46. The van der Waals surface area contributed by atoms with Crippen LogP contribution in [0.25, 0.3) is 0 Å². The van der Waals surface area contributed by atoms with Crippen molar-refractivity contribution in [3.63, 3.8) is 0 Å². The van der Waals surface area contributed by atoms with Crippen LogP contribution in [0.1, 0.15) is 16.8 Å². The molecular formula is C14H19NO6S2. The third-order valence-corrected chi connectivity index (χ3v) is 7.85. The van der Waals surface area contributed by atoms with Crippen molar-refractivity contribution < 1.29 is 26.4 Å². The second kappa shape index (κ2) is 6.98. The Labute approximate surface area is 135 Å². The summed E-state index contributed by atoms with van der Waals surface area (Å²) in [5.41, 5.74) is 0.332. The van der Waals surface area contributed by atoms with Crippen molar-refractivity contribution in [1.29, 1.82) is 0 Å². The molecule has 1 heterocycles. The van der Waals surface area contributed by atoms with E-state index in [2.05, 4.69) is 5.32 Å². The van der Waals surface area contributed by atoms with Crippen molar-refractivity contribution >= 4 is 25.6 Å². The highest BCUT2D eigenvalue weighted by Crippen LogP contribution is 2.25. The highest BCUT2D eigenvalue weighted by Gasteiger charge is 2.37. The SMILES string of the molecule is COCCNC(=O)c1ccc(S(=O)(=O)[C@H]2CCS(=O)(=O)C2)cc1. The van der Waals surface area contributed by atoms with E-state index in [9.17, 15) is 21.6 Å². The van der Waals surface area contributed by atoms with Crippen LogP contribution in [0.4, 0.5) is 0 Å². The van der Waals surface area contributed by atoms with Crippen LogP contribution < -0.4 is 5.32 Å². The van der Waals surface area contributed by atoms with Gasteiger partial charge >= 0.3 is 0 Å². The molecule has 9 heteroatoms. The lowest BCUT2D eigenvalue weighted by molar-refractivity contribution is 0.0937. The summed E-state index contributed by atoms with van der Waals surface area (Å²) < 4.78 is 52.6. The van der Waals surface area contributed by atoms with Gasteiger partial charge in [-0.15, -0.1) is 0 Å². The van der Waals surface area contributed by atoms with Crippen molar-refractivity contribution in [2.45, 2.75) is 16.6 Å². The Morgan fingerprint density at radius 1 is 1.30 bits per heavy atom. The second-order valence-electron chi connectivity index (χ2n) is 5.34. The molecule has 2 rings (SSSR count). The quantitative estimate of drug-likeness (QED) is 0.716. The minimum absolute atomic E-state index is 0.0352. The third kappa shape index (κ3) is 4.30. The molecule has 0 aromatic heterocycles. The average Bonchev–Trinajstić information content (AvgIpc) is 2.88. The summed E-state index contributed by atoms with van der Waals surface area (Å²) in [6.07, 6.45) is 0.115. The number of sulfone groups is 2. The number of nitrogens with one attached hydrogen (secondary N) is 1. The Hall–Kier alpha value is -1.45. The van der Waals surface area contributed by atoms with Crippen LogP contribution in [0.15, 0.2) is 29.2 Å². The molecule has 0 bridgehead atoms. The van der Waals surface area contributed by atoms with Crippen LogP contribution in [-0.4, -0.2) is 59.8 Å². The lowest BCUT2D eigenvalue weighted by atomic mass is 10.2. The van der Waals surface area contributed by atoms with Gasteiger partial charge in [-0.1, -0.05) is 0 Å². The first-order valence-corrected chi connectivity index (χ1v) is 10.4. The largest absolute Gasteiger partial charge is 0.383 e. The Balaban J connectivity index is 2.11. The third-order valence-electron chi connectivity index (χ3n) is 3.67. The first kappa shape index (κ1) is 17.9. The zero-order chi connectivity index (χ0) is 17.1. The Morgan fingerprint density at radius 3 is 2.48 bits per heavy atom. The van der Waals surface area contributed by atoms with E-state index in [-0.39, 0.29) is 28.7 Å². The topological polar surface area (TPSA) is 107 Å². The van der Waals surface area contributed by atoms with Gasteiger partial charge in [0.25, 0.3) is 5.91 Å². The average molecular weight is 361 g/mol. The maximum absolute atomic E-state index is 12.4. The van der Waals surface area contributed by atoms with E-state index < -0.39 is 24.9 Å². The molecule has 128 valence electrons. The first-order chi connectivity index (χ1) is 10.8. The Morgan fingerprint density at radius 2 is 1.96 bits per heavy atom. The smallest absolute Gasteiger partial charge is 0.251 e. The van der Waals surface area contributed by atoms with E-state index in [1.807, 2.05) is 0 Å². The molecule has 1 aliphatic rings. The van der Waals surface area contributed by atoms with Gasteiger partial charge in [0.1, 0.15) is 0 Å². The molecular weight excluding hydrogens is 342 g/mol. The highest BCUT2D eigenvalue weighted by molar-refractivity contribution is 7.96. The minimum atomic E-state index is -3.70. The number of hydrogen-bond acceptors (Lipinski definition) is 6. The molecule has 1 fully saturated rings. The number of carbonyl (C=O) groups is 1. The fraction of sp³-hybridized carbons (Fsp3) is 0.500. The van der Waals surface area contributed by atoms with E-state index >= 15 is 0 Å². The summed E-state index contributed by atoms with van der Waals surface area (Å²) in [6.45, 7) is 0.740. The molecule has 23 heavy (non-hydrogen) atoms. The Bertz CT molecular complexity index is 768. The standard InChI is InChI=1S/C14H19NO6S2/c1-21-8-7-15-14(16)11-2-4-12(5-3-11)23(19,20)13-6-9-22(17,18)10-13/h2-5,13H,6-10H2,1H3,(H,15,16)/t13-/m0/s1. The summed E-state index contributed by atoms with van der Waals surface area (Å²) in [5.74, 6) is -0.764. The molecule has 0 unspecified atom stereocenters. The van der Waals surface area contributed by atoms with Crippen molar-refractivity contribution in [1.82, 2.24) is 5.32 Å². The molecule has 1 amide bonds. The monoisotopic (exact) mass is 361 g/mol. The van der Waals surface area contributed by atoms with Crippen LogP contribution >= 0.6 is 0 Å². The normalized spacial score (nSPS) is 20.3. The van der Waals surface area contributed by atoms with Gasteiger partial charge < -0.3 is 10.1 Å². The van der Waals surface area contributed by atoms with E-state index in [0.717, 1.165) is 0 Å². The van der Waals surface area contributed by atoms with Crippen molar-refractivity contribution in [3.05, 3.63) is 29.8 Å². The second-order valence-corrected chi connectivity index (χ2v) is 9.80. The van der Waals surface area contributed by atoms with E-state index in [1.165, 1.54) is 31.4 Å². The van der Waals surface area contributed by atoms with Crippen LogP contribution in [0.3, 0.4) is 0 Å². The molecule has 1 N–H and O–H groups in total. The zero-order valence-corrected chi connectivity index (χ0v) is 14.3. The number of hydrogen-bond donors (Lipinski definition) is 1. The van der Waals surface area contributed by atoms with Crippen LogP contribution in [0, 0.1) is 0 Å². The van der Waals surface area contributed by atoms with Gasteiger partial charge in [-0.2, -0.15) is 0 Å². The summed E-state index contributed by atoms with van der Waals surface area (Å²) in [6, 6.07) is 5.51. The summed E-state index contributed by atoms with van der Waals surface area (Å²) >= 11 is 0. The number of benzene rings is 1. The fourth-order valence-electron chi connectivity index (χ4n) is 2.36. The van der Waals surface area contributed by atoms with Gasteiger partial charge in [0.05, 0.1) is 28.3 Å². The van der Waals surface area contributed by atoms with Gasteiger partial charge in [-0.25, -0.2) is 16.8 Å².